The summed E-state index contributed by atoms with van der Waals surface area (Å²) >= 11 is 0. The number of nitrogens with one attached hydrogen (secondary N) is 1. The molecule has 25 heavy (non-hydrogen) atoms. The van der Waals surface area contributed by atoms with Gasteiger partial charge in [-0.25, -0.2) is 19.9 Å². The summed E-state index contributed by atoms with van der Waals surface area (Å²) in [5, 5.41) is 13.0. The van der Waals surface area contributed by atoms with Gasteiger partial charge in [0.15, 0.2) is 11.2 Å². The van der Waals surface area contributed by atoms with E-state index in [9.17, 15) is 5.11 Å². The molecule has 1 aliphatic rings. The molecule has 0 saturated carbocycles. The second kappa shape index (κ2) is 6.34. The number of aliphatic hydroxyl groups is 1. The first kappa shape index (κ1) is 15.9. The van der Waals surface area contributed by atoms with Crippen LogP contribution in [0.4, 0.5) is 0 Å². The standard InChI is InChI=1S/C16H19N7O2/c1-3-23-14(10-4-18-9(2)19-5-10)22-13-15(23)20-8-21-16(13)25-12-7-17-6-11(12)24/h4-5,8,11-12,17,24H,3,6-7H2,1-2H3. The van der Waals surface area contributed by atoms with E-state index in [0.717, 1.165) is 5.56 Å². The molecule has 0 bridgehead atoms. The van der Waals surface area contributed by atoms with Gasteiger partial charge in [-0.2, -0.15) is 4.98 Å². The molecule has 1 aliphatic heterocycles. The smallest absolute Gasteiger partial charge is 0.245 e. The van der Waals surface area contributed by atoms with Crippen LogP contribution in [0.3, 0.4) is 0 Å². The number of nitrogens with zero attached hydrogens (tertiary/aromatic N) is 6. The third-order valence-electron chi connectivity index (χ3n) is 4.24. The third-order valence-corrected chi connectivity index (χ3v) is 4.24. The van der Waals surface area contributed by atoms with Crippen molar-refractivity contribution in [3.05, 3.63) is 24.5 Å². The van der Waals surface area contributed by atoms with Crippen molar-refractivity contribution in [3.8, 4) is 17.3 Å². The van der Waals surface area contributed by atoms with Gasteiger partial charge in [0.2, 0.25) is 5.88 Å². The number of β-amino-alcohol motifs (C(OH)–C–C–N with tert-alkyl or cyclic N) is 1. The van der Waals surface area contributed by atoms with Gasteiger partial charge in [-0.15, -0.1) is 0 Å². The van der Waals surface area contributed by atoms with Crippen molar-refractivity contribution in [2.24, 2.45) is 0 Å². The predicted octanol–water partition coefficient (Wildman–Crippen LogP) is 0.323. The zero-order valence-electron chi connectivity index (χ0n) is 14.0. The van der Waals surface area contributed by atoms with Crippen LogP contribution in [0.2, 0.25) is 0 Å². The van der Waals surface area contributed by atoms with Crippen LogP contribution in [0.15, 0.2) is 18.7 Å². The number of aliphatic hydroxyl groups excluding tert-OH is 1. The molecule has 0 spiro atoms. The van der Waals surface area contributed by atoms with Gasteiger partial charge in [0.25, 0.3) is 0 Å². The van der Waals surface area contributed by atoms with E-state index in [4.69, 9.17) is 4.74 Å². The maximum absolute atomic E-state index is 9.96. The van der Waals surface area contributed by atoms with Crippen LogP contribution in [0.5, 0.6) is 5.88 Å². The molecule has 130 valence electrons. The molecule has 3 aromatic heterocycles. The lowest BCUT2D eigenvalue weighted by Gasteiger charge is -2.15. The van der Waals surface area contributed by atoms with E-state index in [-0.39, 0.29) is 6.10 Å². The Hall–Kier alpha value is -2.65. The zero-order chi connectivity index (χ0) is 17.4. The molecule has 2 unspecified atom stereocenters. The average Bonchev–Trinajstić information content (AvgIpc) is 3.19. The minimum atomic E-state index is -0.566. The Bertz CT molecular complexity index is 893. The first-order chi connectivity index (χ1) is 12.2. The van der Waals surface area contributed by atoms with Gasteiger partial charge in [-0.05, 0) is 13.8 Å². The first-order valence-electron chi connectivity index (χ1n) is 8.23. The van der Waals surface area contributed by atoms with Gasteiger partial charge in [0, 0.05) is 32.0 Å². The second-order valence-corrected chi connectivity index (χ2v) is 5.93. The van der Waals surface area contributed by atoms with Gasteiger partial charge in [0.05, 0.1) is 5.56 Å². The fourth-order valence-corrected chi connectivity index (χ4v) is 2.93. The number of hydrogen-bond acceptors (Lipinski definition) is 8. The summed E-state index contributed by atoms with van der Waals surface area (Å²) in [4.78, 5) is 21.8. The summed E-state index contributed by atoms with van der Waals surface area (Å²) < 4.78 is 7.87. The molecule has 9 heteroatoms. The minimum Gasteiger partial charge on any atom is -0.469 e. The monoisotopic (exact) mass is 341 g/mol. The van der Waals surface area contributed by atoms with Crippen LogP contribution >= 0.6 is 0 Å². The highest BCUT2D eigenvalue weighted by Crippen LogP contribution is 2.28. The largest absolute Gasteiger partial charge is 0.469 e. The van der Waals surface area contributed by atoms with Crippen LogP contribution < -0.4 is 10.1 Å². The molecule has 0 aromatic carbocycles. The lowest BCUT2D eigenvalue weighted by atomic mass is 10.2. The first-order valence-corrected chi connectivity index (χ1v) is 8.23. The highest BCUT2D eigenvalue weighted by Gasteiger charge is 2.28. The summed E-state index contributed by atoms with van der Waals surface area (Å²) in [6.45, 7) is 5.62. The molecule has 2 N–H and O–H groups in total. The van der Waals surface area contributed by atoms with Gasteiger partial charge >= 0.3 is 0 Å². The van der Waals surface area contributed by atoms with Crippen LogP contribution in [-0.4, -0.2) is 59.9 Å². The van der Waals surface area contributed by atoms with Crippen molar-refractivity contribution in [2.45, 2.75) is 32.6 Å². The van der Waals surface area contributed by atoms with E-state index in [1.54, 1.807) is 12.4 Å². The highest BCUT2D eigenvalue weighted by atomic mass is 16.5. The lowest BCUT2D eigenvalue weighted by Crippen LogP contribution is -2.30. The third kappa shape index (κ3) is 2.81. The van der Waals surface area contributed by atoms with Crippen LogP contribution in [-0.2, 0) is 6.54 Å². The molecule has 4 rings (SSSR count). The SMILES string of the molecule is CCn1c(-c2cnc(C)nc2)nc2c(OC3CNCC3O)ncnc21. The molecule has 9 nitrogen and oxygen atoms in total. The number of imidazole rings is 1. The quantitative estimate of drug-likeness (QED) is 0.698. The molecule has 0 amide bonds. The fraction of sp³-hybridized carbons (Fsp3) is 0.438. The summed E-state index contributed by atoms with van der Waals surface area (Å²) in [6, 6.07) is 0. The molecule has 0 radical (unpaired) electrons. The van der Waals surface area contributed by atoms with Crippen molar-refractivity contribution >= 4 is 11.2 Å². The Morgan fingerprint density at radius 3 is 2.72 bits per heavy atom. The van der Waals surface area contributed by atoms with Gasteiger partial charge < -0.3 is 19.7 Å². The molecule has 0 aliphatic carbocycles. The predicted molar refractivity (Wildman–Crippen MR) is 90.1 cm³/mol. The van der Waals surface area contributed by atoms with E-state index < -0.39 is 6.10 Å². The number of aryl methyl sites for hydroxylation is 2. The van der Waals surface area contributed by atoms with Crippen LogP contribution in [0.25, 0.3) is 22.6 Å². The van der Waals surface area contributed by atoms with Gasteiger partial charge in [0.1, 0.15) is 30.2 Å². The van der Waals surface area contributed by atoms with Crippen LogP contribution in [0, 0.1) is 6.92 Å². The molecule has 4 heterocycles. The summed E-state index contributed by atoms with van der Waals surface area (Å²) in [5.41, 5.74) is 2.06. The zero-order valence-corrected chi connectivity index (χ0v) is 14.0. The minimum absolute atomic E-state index is 0.351. The maximum Gasteiger partial charge on any atom is 0.245 e. The second-order valence-electron chi connectivity index (χ2n) is 5.93. The Morgan fingerprint density at radius 2 is 2.04 bits per heavy atom. The summed E-state index contributed by atoms with van der Waals surface area (Å²) in [5.74, 6) is 1.79. The number of fused-ring (bicyclic) bond motifs is 1. The molecular formula is C16H19N7O2. The molecular weight excluding hydrogens is 322 g/mol. The van der Waals surface area contributed by atoms with Crippen molar-refractivity contribution in [2.75, 3.05) is 13.1 Å². The molecule has 1 saturated heterocycles. The summed E-state index contributed by atoms with van der Waals surface area (Å²) in [6.07, 6.45) is 4.03. The Kier molecular flexibility index (Phi) is 4.02. The van der Waals surface area contributed by atoms with Crippen molar-refractivity contribution < 1.29 is 9.84 Å². The Labute approximate surface area is 144 Å². The topological polar surface area (TPSA) is 111 Å². The Morgan fingerprint density at radius 1 is 1.24 bits per heavy atom. The number of aromatic nitrogens is 6. The van der Waals surface area contributed by atoms with Crippen molar-refractivity contribution in [1.82, 2.24) is 34.8 Å². The number of ether oxygens (including phenoxy) is 1. The molecule has 2 atom stereocenters. The fourth-order valence-electron chi connectivity index (χ4n) is 2.93. The summed E-state index contributed by atoms with van der Waals surface area (Å²) in [7, 11) is 0. The van der Waals surface area contributed by atoms with E-state index in [1.807, 2.05) is 18.4 Å². The average molecular weight is 341 g/mol. The van der Waals surface area contributed by atoms with E-state index in [2.05, 4.69) is 30.2 Å². The number of hydrogen-bond donors (Lipinski definition) is 2. The maximum atomic E-state index is 9.96. The van der Waals surface area contributed by atoms with Crippen molar-refractivity contribution in [1.29, 1.82) is 0 Å². The van der Waals surface area contributed by atoms with Crippen LogP contribution in [0.1, 0.15) is 12.7 Å². The highest BCUT2D eigenvalue weighted by molar-refractivity contribution is 5.81. The molecule has 1 fully saturated rings. The van der Waals surface area contributed by atoms with E-state index in [0.29, 0.717) is 48.3 Å². The van der Waals surface area contributed by atoms with Crippen molar-refractivity contribution in [3.63, 3.8) is 0 Å². The lowest BCUT2D eigenvalue weighted by molar-refractivity contribution is 0.0716. The van der Waals surface area contributed by atoms with E-state index in [1.165, 1.54) is 6.33 Å². The molecule has 3 aromatic rings. The number of rotatable bonds is 4. The van der Waals surface area contributed by atoms with E-state index >= 15 is 0 Å². The van der Waals surface area contributed by atoms with Gasteiger partial charge in [-0.1, -0.05) is 0 Å². The Balaban J connectivity index is 1.80. The normalized spacial score (nSPS) is 20.3. The van der Waals surface area contributed by atoms with Gasteiger partial charge in [-0.3, -0.25) is 0 Å².